The van der Waals surface area contributed by atoms with Crippen molar-refractivity contribution in [3.63, 3.8) is 0 Å². The van der Waals surface area contributed by atoms with E-state index in [2.05, 4.69) is 12.2 Å². The predicted molar refractivity (Wildman–Crippen MR) is 74.6 cm³/mol. The van der Waals surface area contributed by atoms with E-state index < -0.39 is 0 Å². The molecule has 96 valence electrons. The summed E-state index contributed by atoms with van der Waals surface area (Å²) in [7, 11) is 0. The van der Waals surface area contributed by atoms with Gasteiger partial charge in [0, 0.05) is 10.9 Å². The van der Waals surface area contributed by atoms with Crippen molar-refractivity contribution in [3.8, 4) is 0 Å². The quantitative estimate of drug-likeness (QED) is 0.766. The second-order valence-corrected chi connectivity index (χ2v) is 5.74. The number of anilines is 1. The van der Waals surface area contributed by atoms with Crippen molar-refractivity contribution in [3.05, 3.63) is 16.5 Å². The van der Waals surface area contributed by atoms with Crippen LogP contribution in [0.15, 0.2) is 6.07 Å². The smallest absolute Gasteiger partial charge is 0.254 e. The lowest BCUT2D eigenvalue weighted by molar-refractivity contribution is 0.0944. The number of nitrogens with one attached hydrogen (secondary N) is 1. The zero-order valence-corrected chi connectivity index (χ0v) is 11.7. The summed E-state index contributed by atoms with van der Waals surface area (Å²) in [6.07, 6.45) is 4.63. The van der Waals surface area contributed by atoms with Gasteiger partial charge in [-0.15, -0.1) is 11.3 Å². The zero-order valence-electron chi connectivity index (χ0n) is 10.9. The number of carbonyl (C=O) groups is 1. The van der Waals surface area contributed by atoms with Crippen molar-refractivity contribution < 1.29 is 4.79 Å². The molecule has 1 heterocycles. The van der Waals surface area contributed by atoms with Crippen LogP contribution in [-0.4, -0.2) is 11.9 Å². The summed E-state index contributed by atoms with van der Waals surface area (Å²) in [5.74, 6) is -0.0597. The van der Waals surface area contributed by atoms with Crippen LogP contribution in [0.2, 0.25) is 0 Å². The van der Waals surface area contributed by atoms with E-state index in [0.29, 0.717) is 10.6 Å². The first kappa shape index (κ1) is 14.0. The lowest BCUT2D eigenvalue weighted by Crippen LogP contribution is -2.30. The number of nitrogen functional groups attached to an aromatic ring is 1. The molecule has 0 unspecified atom stereocenters. The van der Waals surface area contributed by atoms with Crippen molar-refractivity contribution in [1.82, 2.24) is 5.32 Å². The van der Waals surface area contributed by atoms with Crippen LogP contribution in [-0.2, 0) is 6.42 Å². The highest BCUT2D eigenvalue weighted by molar-refractivity contribution is 7.16. The molecule has 17 heavy (non-hydrogen) atoms. The fourth-order valence-electron chi connectivity index (χ4n) is 1.65. The molecule has 4 heteroatoms. The summed E-state index contributed by atoms with van der Waals surface area (Å²) < 4.78 is 0. The fraction of sp³-hybridized carbons (Fsp3) is 0.615. The second kappa shape index (κ2) is 6.64. The minimum Gasteiger partial charge on any atom is -0.390 e. The Labute approximate surface area is 107 Å². The van der Waals surface area contributed by atoms with Crippen LogP contribution in [0, 0.1) is 0 Å². The number of thiophene rings is 1. The topological polar surface area (TPSA) is 55.1 Å². The lowest BCUT2D eigenvalue weighted by Gasteiger charge is -2.06. The van der Waals surface area contributed by atoms with Crippen molar-refractivity contribution in [2.45, 2.75) is 52.5 Å². The minimum atomic E-state index is -0.0597. The standard InChI is InChI=1S/C13H22N2OS/c1-4-5-6-7-10-8-11(12(14)17-10)13(16)15-9(2)3/h8-9H,4-7,14H2,1-3H3,(H,15,16). The first-order chi connectivity index (χ1) is 8.04. The zero-order chi connectivity index (χ0) is 12.8. The number of nitrogens with two attached hydrogens (primary N) is 1. The largest absolute Gasteiger partial charge is 0.390 e. The van der Waals surface area contributed by atoms with Gasteiger partial charge in [0.1, 0.15) is 0 Å². The molecule has 0 spiro atoms. The third-order valence-corrected chi connectivity index (χ3v) is 3.53. The first-order valence-electron chi connectivity index (χ1n) is 6.23. The van der Waals surface area contributed by atoms with Gasteiger partial charge in [0.2, 0.25) is 0 Å². The van der Waals surface area contributed by atoms with Gasteiger partial charge in [-0.05, 0) is 32.8 Å². The average molecular weight is 254 g/mol. The van der Waals surface area contributed by atoms with E-state index in [1.165, 1.54) is 35.5 Å². The molecule has 0 radical (unpaired) electrons. The van der Waals surface area contributed by atoms with Crippen LogP contribution in [0.4, 0.5) is 5.00 Å². The van der Waals surface area contributed by atoms with Crippen LogP contribution in [0.5, 0.6) is 0 Å². The molecule has 0 saturated heterocycles. The Balaban J connectivity index is 2.64. The molecule has 0 aromatic carbocycles. The fourth-order valence-corrected chi connectivity index (χ4v) is 2.61. The molecule has 1 aromatic heterocycles. The molecule has 1 rings (SSSR count). The number of carbonyl (C=O) groups excluding carboxylic acids is 1. The highest BCUT2D eigenvalue weighted by Gasteiger charge is 2.14. The molecular formula is C13H22N2OS. The van der Waals surface area contributed by atoms with Crippen LogP contribution in [0.1, 0.15) is 55.3 Å². The monoisotopic (exact) mass is 254 g/mol. The first-order valence-corrected chi connectivity index (χ1v) is 7.05. The van der Waals surface area contributed by atoms with E-state index in [1.54, 1.807) is 0 Å². The number of hydrogen-bond donors (Lipinski definition) is 2. The van der Waals surface area contributed by atoms with E-state index in [-0.39, 0.29) is 11.9 Å². The van der Waals surface area contributed by atoms with Crippen LogP contribution >= 0.6 is 11.3 Å². The molecule has 0 fully saturated rings. The van der Waals surface area contributed by atoms with Crippen molar-refractivity contribution >= 4 is 22.2 Å². The number of amides is 1. The van der Waals surface area contributed by atoms with Crippen LogP contribution < -0.4 is 11.1 Å². The molecule has 1 amide bonds. The van der Waals surface area contributed by atoms with Gasteiger partial charge in [-0.2, -0.15) is 0 Å². The Morgan fingerprint density at radius 2 is 2.18 bits per heavy atom. The highest BCUT2D eigenvalue weighted by Crippen LogP contribution is 2.26. The Morgan fingerprint density at radius 3 is 2.76 bits per heavy atom. The molecule has 0 bridgehead atoms. The van der Waals surface area contributed by atoms with Crippen molar-refractivity contribution in [2.75, 3.05) is 5.73 Å². The summed E-state index contributed by atoms with van der Waals surface area (Å²) in [6, 6.07) is 2.08. The summed E-state index contributed by atoms with van der Waals surface area (Å²) in [5, 5.41) is 3.50. The Kier molecular flexibility index (Phi) is 5.48. The summed E-state index contributed by atoms with van der Waals surface area (Å²) in [5.41, 5.74) is 6.51. The van der Waals surface area contributed by atoms with Gasteiger partial charge in [-0.25, -0.2) is 0 Å². The molecular weight excluding hydrogens is 232 g/mol. The van der Waals surface area contributed by atoms with Crippen LogP contribution in [0.25, 0.3) is 0 Å². The number of unbranched alkanes of at least 4 members (excludes halogenated alkanes) is 2. The minimum absolute atomic E-state index is 0.0597. The molecule has 0 atom stereocenters. The maximum atomic E-state index is 11.8. The van der Waals surface area contributed by atoms with Gasteiger partial charge in [0.15, 0.2) is 0 Å². The second-order valence-electron chi connectivity index (χ2n) is 4.58. The summed E-state index contributed by atoms with van der Waals surface area (Å²) in [4.78, 5) is 13.0. The maximum Gasteiger partial charge on any atom is 0.254 e. The van der Waals surface area contributed by atoms with E-state index in [9.17, 15) is 4.79 Å². The van der Waals surface area contributed by atoms with Gasteiger partial charge in [-0.3, -0.25) is 4.79 Å². The number of hydrogen-bond acceptors (Lipinski definition) is 3. The van der Waals surface area contributed by atoms with Crippen molar-refractivity contribution in [1.29, 1.82) is 0 Å². The lowest BCUT2D eigenvalue weighted by atomic mass is 10.1. The van der Waals surface area contributed by atoms with Gasteiger partial charge >= 0.3 is 0 Å². The van der Waals surface area contributed by atoms with E-state index in [4.69, 9.17) is 5.73 Å². The summed E-state index contributed by atoms with van der Waals surface area (Å²) >= 11 is 1.54. The predicted octanol–water partition coefficient (Wildman–Crippen LogP) is 3.20. The van der Waals surface area contributed by atoms with E-state index in [1.807, 2.05) is 19.9 Å². The maximum absolute atomic E-state index is 11.8. The number of aryl methyl sites for hydroxylation is 1. The van der Waals surface area contributed by atoms with Crippen LogP contribution in [0.3, 0.4) is 0 Å². The van der Waals surface area contributed by atoms with Crippen molar-refractivity contribution in [2.24, 2.45) is 0 Å². The third-order valence-electron chi connectivity index (χ3n) is 2.50. The third kappa shape index (κ3) is 4.38. The Hall–Kier alpha value is -1.03. The molecule has 0 aliphatic heterocycles. The normalized spacial score (nSPS) is 10.8. The van der Waals surface area contributed by atoms with E-state index in [0.717, 1.165) is 6.42 Å². The Bertz CT molecular complexity index is 371. The van der Waals surface area contributed by atoms with Gasteiger partial charge < -0.3 is 11.1 Å². The average Bonchev–Trinajstić information content (AvgIpc) is 2.59. The Morgan fingerprint density at radius 1 is 1.47 bits per heavy atom. The molecule has 3 nitrogen and oxygen atoms in total. The molecule has 0 aliphatic carbocycles. The van der Waals surface area contributed by atoms with Gasteiger partial charge in [0.25, 0.3) is 5.91 Å². The summed E-state index contributed by atoms with van der Waals surface area (Å²) in [6.45, 7) is 6.08. The molecule has 3 N–H and O–H groups in total. The molecule has 1 aromatic rings. The SMILES string of the molecule is CCCCCc1cc(C(=O)NC(C)C)c(N)s1. The molecule has 0 aliphatic rings. The van der Waals surface area contributed by atoms with Gasteiger partial charge in [-0.1, -0.05) is 19.8 Å². The highest BCUT2D eigenvalue weighted by atomic mass is 32.1. The van der Waals surface area contributed by atoms with E-state index >= 15 is 0 Å². The van der Waals surface area contributed by atoms with Gasteiger partial charge in [0.05, 0.1) is 10.6 Å². The number of rotatable bonds is 6. The molecule has 0 saturated carbocycles.